The normalized spacial score (nSPS) is 17.2. The fourth-order valence-electron chi connectivity index (χ4n) is 0.364. The Morgan fingerprint density at radius 1 is 2.00 bits per heavy atom. The van der Waals surface area contributed by atoms with Crippen LogP contribution < -0.4 is 0 Å². The van der Waals surface area contributed by atoms with Crippen LogP contribution in [-0.2, 0) is 4.74 Å². The zero-order chi connectivity index (χ0) is 5.98. The number of ether oxygens (including phenoxy) is 1. The zero-order valence-corrected chi connectivity index (χ0v) is 3.90. The topological polar surface area (TPSA) is 64.7 Å². The van der Waals surface area contributed by atoms with Gasteiger partial charge in [-0.25, -0.2) is 0 Å². The first-order valence-electron chi connectivity index (χ1n) is 1.97. The summed E-state index contributed by atoms with van der Waals surface area (Å²) in [5.74, 6) is 0. The van der Waals surface area contributed by atoms with Gasteiger partial charge in [0, 0.05) is 4.92 Å². The summed E-state index contributed by atoms with van der Waals surface area (Å²) in [6, 6.07) is -0.412. The van der Waals surface area contributed by atoms with E-state index < -0.39 is 10.9 Å². The molecule has 0 unspecified atom stereocenters. The summed E-state index contributed by atoms with van der Waals surface area (Å²) >= 11 is 0. The summed E-state index contributed by atoms with van der Waals surface area (Å²) in [5.41, 5.74) is 0. The number of amidine groups is 1. The standard InChI is InChI=1S/C3H3N2O3/c6-5(7)3-4-1-2-8-3/h1H,2H2. The van der Waals surface area contributed by atoms with Gasteiger partial charge in [-0.1, -0.05) is 0 Å². The second-order valence-corrected chi connectivity index (χ2v) is 1.16. The van der Waals surface area contributed by atoms with Crippen LogP contribution in [0.3, 0.4) is 0 Å². The fourth-order valence-corrected chi connectivity index (χ4v) is 0.364. The SMILES string of the molecule is O=[N+]([O-])C1=N[CH]CO1. The predicted octanol–water partition coefficient (Wildman–Crippen LogP) is -0.189. The second-order valence-electron chi connectivity index (χ2n) is 1.16. The van der Waals surface area contributed by atoms with E-state index in [1.807, 2.05) is 0 Å². The van der Waals surface area contributed by atoms with Gasteiger partial charge >= 0.3 is 6.02 Å². The van der Waals surface area contributed by atoms with E-state index in [9.17, 15) is 10.1 Å². The van der Waals surface area contributed by atoms with Crippen LogP contribution in [0, 0.1) is 16.7 Å². The molecule has 0 spiro atoms. The van der Waals surface area contributed by atoms with Crippen molar-refractivity contribution in [2.24, 2.45) is 4.99 Å². The van der Waals surface area contributed by atoms with Crippen molar-refractivity contribution in [1.82, 2.24) is 0 Å². The van der Waals surface area contributed by atoms with Gasteiger partial charge in [0.05, 0.1) is 0 Å². The van der Waals surface area contributed by atoms with E-state index in [4.69, 9.17) is 0 Å². The van der Waals surface area contributed by atoms with Crippen molar-refractivity contribution < 1.29 is 9.66 Å². The molecule has 5 heteroatoms. The van der Waals surface area contributed by atoms with E-state index >= 15 is 0 Å². The van der Waals surface area contributed by atoms with Gasteiger partial charge in [-0.05, 0) is 4.99 Å². The lowest BCUT2D eigenvalue weighted by molar-refractivity contribution is -0.372. The van der Waals surface area contributed by atoms with Gasteiger partial charge in [-0.2, -0.15) is 0 Å². The quantitative estimate of drug-likeness (QED) is 0.324. The van der Waals surface area contributed by atoms with Crippen molar-refractivity contribution in [3.05, 3.63) is 16.7 Å². The maximum absolute atomic E-state index is 9.73. The van der Waals surface area contributed by atoms with E-state index in [-0.39, 0.29) is 6.61 Å². The van der Waals surface area contributed by atoms with E-state index in [2.05, 4.69) is 9.73 Å². The summed E-state index contributed by atoms with van der Waals surface area (Å²) in [4.78, 5) is 12.4. The number of hydrogen-bond acceptors (Lipinski definition) is 4. The molecule has 0 atom stereocenters. The fraction of sp³-hybridized carbons (Fsp3) is 0.333. The Balaban J connectivity index is 2.57. The molecule has 0 aromatic carbocycles. The Hall–Kier alpha value is -1.13. The highest BCUT2D eigenvalue weighted by molar-refractivity contribution is 5.66. The lowest BCUT2D eigenvalue weighted by Gasteiger charge is -1.88. The Kier molecular flexibility index (Phi) is 1.11. The highest BCUT2D eigenvalue weighted by Gasteiger charge is 2.19. The monoisotopic (exact) mass is 115 g/mol. The lowest BCUT2D eigenvalue weighted by Crippen LogP contribution is -2.10. The molecule has 0 fully saturated rings. The highest BCUT2D eigenvalue weighted by Crippen LogP contribution is 1.97. The van der Waals surface area contributed by atoms with Crippen molar-refractivity contribution in [1.29, 1.82) is 0 Å². The number of hydrogen-bond donors (Lipinski definition) is 0. The molecule has 0 aromatic rings. The summed E-state index contributed by atoms with van der Waals surface area (Å²) in [6.45, 7) is 1.56. The van der Waals surface area contributed by atoms with Crippen molar-refractivity contribution in [3.63, 3.8) is 0 Å². The summed E-state index contributed by atoms with van der Waals surface area (Å²) in [6.07, 6.45) is 0. The minimum absolute atomic E-state index is 0.219. The summed E-state index contributed by atoms with van der Waals surface area (Å²) in [7, 11) is 0. The van der Waals surface area contributed by atoms with Crippen LogP contribution in [0.5, 0.6) is 0 Å². The van der Waals surface area contributed by atoms with Gasteiger partial charge < -0.3 is 14.9 Å². The van der Waals surface area contributed by atoms with Crippen LogP contribution in [0.2, 0.25) is 0 Å². The molecule has 1 heterocycles. The first-order chi connectivity index (χ1) is 3.80. The predicted molar refractivity (Wildman–Crippen MR) is 24.7 cm³/mol. The third-order valence-electron chi connectivity index (χ3n) is 0.645. The molecule has 0 amide bonds. The van der Waals surface area contributed by atoms with Crippen molar-refractivity contribution in [3.8, 4) is 0 Å². The third-order valence-corrected chi connectivity index (χ3v) is 0.645. The first kappa shape index (κ1) is 5.02. The minimum atomic E-state index is -0.663. The van der Waals surface area contributed by atoms with Gasteiger partial charge in [0.15, 0.2) is 0 Å². The average Bonchev–Trinajstić information content (AvgIpc) is 2.12. The van der Waals surface area contributed by atoms with Crippen molar-refractivity contribution >= 4 is 6.02 Å². The summed E-state index contributed by atoms with van der Waals surface area (Å²) in [5, 5.41) is 9.73. The Labute approximate surface area is 45.1 Å². The van der Waals surface area contributed by atoms with Crippen LogP contribution in [0.15, 0.2) is 4.99 Å². The molecule has 8 heavy (non-hydrogen) atoms. The number of aliphatic imine (C=N–C) groups is 1. The van der Waals surface area contributed by atoms with Gasteiger partial charge in [-0.15, -0.1) is 0 Å². The zero-order valence-electron chi connectivity index (χ0n) is 3.90. The van der Waals surface area contributed by atoms with Crippen LogP contribution in [-0.4, -0.2) is 17.6 Å². The number of nitrogens with zero attached hydrogens (tertiary/aromatic N) is 2. The van der Waals surface area contributed by atoms with Gasteiger partial charge in [0.25, 0.3) is 0 Å². The molecule has 0 aliphatic carbocycles. The third kappa shape index (κ3) is 0.749. The lowest BCUT2D eigenvalue weighted by atomic mass is 10.8. The maximum Gasteiger partial charge on any atom is 0.535 e. The molecule has 5 nitrogen and oxygen atoms in total. The first-order valence-corrected chi connectivity index (χ1v) is 1.97. The molecule has 1 rings (SSSR count). The Morgan fingerprint density at radius 3 is 3.00 bits per heavy atom. The van der Waals surface area contributed by atoms with Gasteiger partial charge in [0.2, 0.25) is 6.54 Å². The molecular formula is C3H3N2O3. The van der Waals surface area contributed by atoms with E-state index in [0.717, 1.165) is 0 Å². The number of nitro groups is 1. The molecule has 1 radical (unpaired) electrons. The van der Waals surface area contributed by atoms with Crippen molar-refractivity contribution in [2.45, 2.75) is 0 Å². The molecule has 0 bridgehead atoms. The minimum Gasteiger partial charge on any atom is -0.421 e. The maximum atomic E-state index is 9.73. The molecule has 43 valence electrons. The molecule has 0 N–H and O–H groups in total. The summed E-state index contributed by atoms with van der Waals surface area (Å²) < 4.78 is 4.41. The highest BCUT2D eigenvalue weighted by atomic mass is 16.7. The van der Waals surface area contributed by atoms with Crippen LogP contribution in [0.4, 0.5) is 0 Å². The molecule has 0 saturated heterocycles. The van der Waals surface area contributed by atoms with Gasteiger partial charge in [-0.3, -0.25) is 0 Å². The number of rotatable bonds is 0. The molecule has 1 aliphatic rings. The van der Waals surface area contributed by atoms with Crippen LogP contribution >= 0.6 is 0 Å². The van der Waals surface area contributed by atoms with Gasteiger partial charge in [0.1, 0.15) is 6.61 Å². The van der Waals surface area contributed by atoms with Crippen LogP contribution in [0.1, 0.15) is 0 Å². The van der Waals surface area contributed by atoms with Crippen molar-refractivity contribution in [2.75, 3.05) is 6.61 Å². The second kappa shape index (κ2) is 1.77. The largest absolute Gasteiger partial charge is 0.535 e. The van der Waals surface area contributed by atoms with E-state index in [1.165, 1.54) is 6.54 Å². The van der Waals surface area contributed by atoms with E-state index in [0.29, 0.717) is 0 Å². The molecular weight excluding hydrogens is 112 g/mol. The molecule has 1 aliphatic heterocycles. The molecule has 0 aromatic heterocycles. The average molecular weight is 115 g/mol. The Bertz CT molecular complexity index is 141. The Morgan fingerprint density at radius 2 is 2.75 bits per heavy atom. The van der Waals surface area contributed by atoms with Crippen LogP contribution in [0.25, 0.3) is 0 Å². The van der Waals surface area contributed by atoms with E-state index in [1.54, 1.807) is 0 Å². The molecule has 0 saturated carbocycles. The smallest absolute Gasteiger partial charge is 0.421 e.